The molecular weight excluding hydrogens is 224 g/mol. The number of rotatable bonds is 5. The first kappa shape index (κ1) is 12.4. The van der Waals surface area contributed by atoms with Gasteiger partial charge in [-0.2, -0.15) is 4.57 Å². The maximum Gasteiger partial charge on any atom is 0.227 e. The van der Waals surface area contributed by atoms with Gasteiger partial charge in [-0.3, -0.25) is 9.78 Å². The van der Waals surface area contributed by atoms with Crippen molar-refractivity contribution >= 4 is 5.78 Å². The molecule has 0 spiro atoms. The molecule has 0 saturated carbocycles. The molecule has 3 nitrogen and oxygen atoms in total. The fraction of sp³-hybridized carbons (Fsp3) is 0.267. The summed E-state index contributed by atoms with van der Waals surface area (Å²) in [5.41, 5.74) is 2.05. The minimum atomic E-state index is 0.120. The van der Waals surface area contributed by atoms with Crippen molar-refractivity contribution < 1.29 is 9.36 Å². The molecule has 18 heavy (non-hydrogen) atoms. The third kappa shape index (κ3) is 3.23. The van der Waals surface area contributed by atoms with E-state index in [1.165, 1.54) is 5.56 Å². The van der Waals surface area contributed by atoms with Gasteiger partial charge in [0.05, 0.1) is 12.4 Å². The average Bonchev–Trinajstić information content (AvgIpc) is 2.41. The van der Waals surface area contributed by atoms with Crippen LogP contribution in [0.3, 0.4) is 0 Å². The second kappa shape index (κ2) is 6.05. The molecule has 92 valence electrons. The number of Topliss-reactive ketones (excluding diaryl/α,β-unsaturated/α-hetero) is 1. The quantitative estimate of drug-likeness (QED) is 0.594. The normalized spacial score (nSPS) is 10.3. The van der Waals surface area contributed by atoms with E-state index >= 15 is 0 Å². The zero-order valence-electron chi connectivity index (χ0n) is 10.5. The SMILES string of the molecule is CCCc1ccc(C(=O)C[n+]2ccncc2)cc1. The molecule has 0 N–H and O–H groups in total. The zero-order valence-corrected chi connectivity index (χ0v) is 10.5. The summed E-state index contributed by atoms with van der Waals surface area (Å²) in [7, 11) is 0. The van der Waals surface area contributed by atoms with Crippen LogP contribution in [0.25, 0.3) is 0 Å². The summed E-state index contributed by atoms with van der Waals surface area (Å²) in [5.74, 6) is 0.120. The van der Waals surface area contributed by atoms with Crippen LogP contribution in [-0.2, 0) is 13.0 Å². The Labute approximate surface area is 107 Å². The Morgan fingerprint density at radius 2 is 1.83 bits per heavy atom. The number of aromatic nitrogens is 2. The van der Waals surface area contributed by atoms with Crippen LogP contribution < -0.4 is 4.57 Å². The molecule has 2 aromatic rings. The molecule has 2 rings (SSSR count). The van der Waals surface area contributed by atoms with E-state index in [2.05, 4.69) is 11.9 Å². The van der Waals surface area contributed by atoms with Crippen molar-refractivity contribution in [1.29, 1.82) is 0 Å². The van der Waals surface area contributed by atoms with Crippen LogP contribution in [0.5, 0.6) is 0 Å². The number of ketones is 1. The Morgan fingerprint density at radius 3 is 2.44 bits per heavy atom. The summed E-state index contributed by atoms with van der Waals surface area (Å²) >= 11 is 0. The number of carbonyl (C=O) groups is 1. The molecular formula is C15H17N2O+. The largest absolute Gasteiger partial charge is 0.287 e. The van der Waals surface area contributed by atoms with Gasteiger partial charge in [0.2, 0.25) is 12.3 Å². The van der Waals surface area contributed by atoms with Crippen LogP contribution in [0.2, 0.25) is 0 Å². The third-order valence-electron chi connectivity index (χ3n) is 2.83. The van der Waals surface area contributed by atoms with Crippen LogP contribution in [0.1, 0.15) is 29.3 Å². The second-order valence-electron chi connectivity index (χ2n) is 4.29. The van der Waals surface area contributed by atoms with Gasteiger partial charge in [-0.1, -0.05) is 37.6 Å². The van der Waals surface area contributed by atoms with Crippen LogP contribution in [0.4, 0.5) is 0 Å². The predicted octanol–water partition coefficient (Wildman–Crippen LogP) is 2.20. The fourth-order valence-corrected chi connectivity index (χ4v) is 1.86. The number of nitrogens with zero attached hydrogens (tertiary/aromatic N) is 2. The van der Waals surface area contributed by atoms with Crippen LogP contribution in [-0.4, -0.2) is 10.8 Å². The molecule has 1 aromatic heterocycles. The van der Waals surface area contributed by atoms with E-state index in [9.17, 15) is 4.79 Å². The highest BCUT2D eigenvalue weighted by atomic mass is 16.1. The summed E-state index contributed by atoms with van der Waals surface area (Å²) in [6.45, 7) is 2.51. The molecule has 1 heterocycles. The lowest BCUT2D eigenvalue weighted by molar-refractivity contribution is -0.683. The molecule has 0 radical (unpaired) electrons. The van der Waals surface area contributed by atoms with Crippen LogP contribution in [0, 0.1) is 0 Å². The monoisotopic (exact) mass is 241 g/mol. The number of benzene rings is 1. The summed E-state index contributed by atoms with van der Waals surface area (Å²) in [6.07, 6.45) is 9.13. The van der Waals surface area contributed by atoms with Gasteiger partial charge in [-0.05, 0) is 12.0 Å². The first-order valence-electron chi connectivity index (χ1n) is 6.21. The van der Waals surface area contributed by atoms with Crippen molar-refractivity contribution in [3.05, 3.63) is 60.2 Å². The van der Waals surface area contributed by atoms with Crippen LogP contribution in [0.15, 0.2) is 49.1 Å². The van der Waals surface area contributed by atoms with Crippen molar-refractivity contribution in [1.82, 2.24) is 4.98 Å². The van der Waals surface area contributed by atoms with Crippen molar-refractivity contribution in [2.24, 2.45) is 0 Å². The topological polar surface area (TPSA) is 33.8 Å². The van der Waals surface area contributed by atoms with Gasteiger partial charge in [0.15, 0.2) is 12.4 Å². The summed E-state index contributed by atoms with van der Waals surface area (Å²) in [6, 6.07) is 7.89. The highest BCUT2D eigenvalue weighted by Crippen LogP contribution is 2.07. The van der Waals surface area contributed by atoms with Gasteiger partial charge in [-0.15, -0.1) is 0 Å². The lowest BCUT2D eigenvalue weighted by atomic mass is 10.1. The molecule has 0 bridgehead atoms. The number of carbonyl (C=O) groups excluding carboxylic acids is 1. The molecule has 3 heteroatoms. The smallest absolute Gasteiger partial charge is 0.227 e. The highest BCUT2D eigenvalue weighted by Gasteiger charge is 2.11. The van der Waals surface area contributed by atoms with Gasteiger partial charge in [-0.25, -0.2) is 0 Å². The Hall–Kier alpha value is -2.03. The van der Waals surface area contributed by atoms with E-state index in [4.69, 9.17) is 0 Å². The van der Waals surface area contributed by atoms with Gasteiger partial charge in [0, 0.05) is 5.56 Å². The van der Waals surface area contributed by atoms with E-state index in [1.807, 2.05) is 28.8 Å². The molecule has 0 aliphatic heterocycles. The molecule has 0 atom stereocenters. The molecule has 0 saturated heterocycles. The zero-order chi connectivity index (χ0) is 12.8. The molecule has 0 fully saturated rings. The second-order valence-corrected chi connectivity index (χ2v) is 4.29. The predicted molar refractivity (Wildman–Crippen MR) is 69.2 cm³/mol. The van der Waals surface area contributed by atoms with Crippen molar-refractivity contribution in [3.8, 4) is 0 Å². The van der Waals surface area contributed by atoms with Crippen molar-refractivity contribution in [2.75, 3.05) is 0 Å². The maximum absolute atomic E-state index is 12.0. The van der Waals surface area contributed by atoms with E-state index in [0.29, 0.717) is 6.54 Å². The number of hydrogen-bond acceptors (Lipinski definition) is 2. The molecule has 1 aromatic carbocycles. The minimum Gasteiger partial charge on any atom is -0.287 e. The molecule has 0 unspecified atom stereocenters. The van der Waals surface area contributed by atoms with Crippen molar-refractivity contribution in [3.63, 3.8) is 0 Å². The first-order chi connectivity index (χ1) is 8.79. The van der Waals surface area contributed by atoms with Crippen molar-refractivity contribution in [2.45, 2.75) is 26.3 Å². The van der Waals surface area contributed by atoms with E-state index in [0.717, 1.165) is 18.4 Å². The van der Waals surface area contributed by atoms with Gasteiger partial charge in [0.1, 0.15) is 0 Å². The van der Waals surface area contributed by atoms with E-state index in [1.54, 1.807) is 24.8 Å². The third-order valence-corrected chi connectivity index (χ3v) is 2.83. The summed E-state index contributed by atoms with van der Waals surface area (Å²) in [5, 5.41) is 0. The van der Waals surface area contributed by atoms with Gasteiger partial charge >= 0.3 is 0 Å². The minimum absolute atomic E-state index is 0.120. The van der Waals surface area contributed by atoms with E-state index in [-0.39, 0.29) is 5.78 Å². The summed E-state index contributed by atoms with van der Waals surface area (Å²) < 4.78 is 1.83. The Kier molecular flexibility index (Phi) is 4.18. The number of hydrogen-bond donors (Lipinski definition) is 0. The maximum atomic E-state index is 12.0. The van der Waals surface area contributed by atoms with Gasteiger partial charge in [0.25, 0.3) is 0 Å². The lowest BCUT2D eigenvalue weighted by Crippen LogP contribution is -2.37. The molecule has 0 amide bonds. The fourth-order valence-electron chi connectivity index (χ4n) is 1.86. The average molecular weight is 241 g/mol. The Bertz CT molecular complexity index is 506. The van der Waals surface area contributed by atoms with E-state index < -0.39 is 0 Å². The first-order valence-corrected chi connectivity index (χ1v) is 6.21. The Morgan fingerprint density at radius 1 is 1.17 bits per heavy atom. The molecule has 0 aliphatic carbocycles. The summed E-state index contributed by atoms with van der Waals surface area (Å²) in [4.78, 5) is 16.0. The highest BCUT2D eigenvalue weighted by molar-refractivity contribution is 5.95. The number of aryl methyl sites for hydroxylation is 1. The molecule has 0 aliphatic rings. The van der Waals surface area contributed by atoms with Crippen LogP contribution >= 0.6 is 0 Å². The standard InChI is InChI=1S/C15H17N2O/c1-2-3-13-4-6-14(7-5-13)15(18)12-17-10-8-16-9-11-17/h4-11H,2-3,12H2,1H3/q+1. The lowest BCUT2D eigenvalue weighted by Gasteiger charge is -2.01. The van der Waals surface area contributed by atoms with Gasteiger partial charge < -0.3 is 0 Å². The Balaban J connectivity index is 2.05.